The summed E-state index contributed by atoms with van der Waals surface area (Å²) in [4.78, 5) is 3.93. The lowest BCUT2D eigenvalue weighted by Crippen LogP contribution is -2.21. The molecular weight excluding hydrogens is 290 g/mol. The first-order valence-corrected chi connectivity index (χ1v) is 8.00. The molecule has 0 radical (unpaired) electrons. The van der Waals surface area contributed by atoms with Crippen LogP contribution in [0.1, 0.15) is 5.56 Å². The first-order chi connectivity index (χ1) is 9.94. The summed E-state index contributed by atoms with van der Waals surface area (Å²) in [5, 5.41) is 0. The number of nitrogens with two attached hydrogens (primary N) is 1. The van der Waals surface area contributed by atoms with Crippen LogP contribution in [0.4, 0.5) is 11.4 Å². The molecule has 0 saturated carbocycles. The van der Waals surface area contributed by atoms with Crippen LogP contribution in [0.5, 0.6) is 5.75 Å². The summed E-state index contributed by atoms with van der Waals surface area (Å²) in [5.41, 5.74) is 7.51. The van der Waals surface area contributed by atoms with Gasteiger partial charge in [-0.15, -0.1) is 0 Å². The van der Waals surface area contributed by atoms with E-state index in [-0.39, 0.29) is 12.4 Å². The summed E-state index contributed by atoms with van der Waals surface area (Å²) >= 11 is 0. The fraction of sp³-hybridized carbons (Fsp3) is 0.214. The van der Waals surface area contributed by atoms with E-state index in [2.05, 4.69) is 9.71 Å². The Hall–Kier alpha value is -2.28. The predicted molar refractivity (Wildman–Crippen MR) is 82.7 cm³/mol. The number of aryl methyl sites for hydroxylation is 1. The normalized spacial score (nSPS) is 11.1. The van der Waals surface area contributed by atoms with E-state index >= 15 is 0 Å². The van der Waals surface area contributed by atoms with Crippen molar-refractivity contribution in [3.8, 4) is 5.75 Å². The lowest BCUT2D eigenvalue weighted by atomic mass is 10.3. The molecule has 0 amide bonds. The summed E-state index contributed by atoms with van der Waals surface area (Å²) in [6.07, 6.45) is 3.12. The minimum absolute atomic E-state index is 0.0397. The Morgan fingerprint density at radius 3 is 2.81 bits per heavy atom. The molecule has 1 aromatic heterocycles. The van der Waals surface area contributed by atoms with E-state index in [9.17, 15) is 8.42 Å². The fourth-order valence-corrected chi connectivity index (χ4v) is 2.59. The van der Waals surface area contributed by atoms with Crippen LogP contribution in [0.15, 0.2) is 42.7 Å². The third-order valence-corrected chi connectivity index (χ3v) is 3.88. The molecule has 0 spiro atoms. The Bertz CT molecular complexity index is 717. The average Bonchev–Trinajstić information content (AvgIpc) is 2.38. The maximum Gasteiger partial charge on any atom is 0.236 e. The van der Waals surface area contributed by atoms with Crippen LogP contribution in [0.3, 0.4) is 0 Å². The highest BCUT2D eigenvalue weighted by molar-refractivity contribution is 7.92. The van der Waals surface area contributed by atoms with Crippen molar-refractivity contribution in [3.63, 3.8) is 0 Å². The van der Waals surface area contributed by atoms with Gasteiger partial charge in [0, 0.05) is 18.0 Å². The zero-order valence-electron chi connectivity index (χ0n) is 11.6. The second-order valence-electron chi connectivity index (χ2n) is 4.59. The standard InChI is InChI=1S/C14H17N3O3S/c1-11-7-13(10-16-9-11)17-21(18,19)6-5-20-14-4-2-3-12(15)8-14/h2-4,7-10,17H,5-6,15H2,1H3. The van der Waals surface area contributed by atoms with Crippen LogP contribution in [0.2, 0.25) is 0 Å². The highest BCUT2D eigenvalue weighted by atomic mass is 32.2. The molecule has 0 saturated heterocycles. The van der Waals surface area contributed by atoms with Gasteiger partial charge in [0.25, 0.3) is 0 Å². The van der Waals surface area contributed by atoms with Gasteiger partial charge in [0.2, 0.25) is 10.0 Å². The zero-order chi connectivity index (χ0) is 15.3. The predicted octanol–water partition coefficient (Wildman–Crippen LogP) is 1.79. The molecule has 21 heavy (non-hydrogen) atoms. The van der Waals surface area contributed by atoms with Gasteiger partial charge in [-0.3, -0.25) is 9.71 Å². The highest BCUT2D eigenvalue weighted by Crippen LogP contribution is 2.15. The molecule has 0 atom stereocenters. The molecule has 1 aromatic carbocycles. The molecule has 0 aliphatic heterocycles. The Morgan fingerprint density at radius 1 is 1.29 bits per heavy atom. The van der Waals surface area contributed by atoms with Gasteiger partial charge in [-0.2, -0.15) is 0 Å². The van der Waals surface area contributed by atoms with Crippen LogP contribution in [-0.4, -0.2) is 25.8 Å². The van der Waals surface area contributed by atoms with Crippen molar-refractivity contribution in [1.29, 1.82) is 0 Å². The quantitative estimate of drug-likeness (QED) is 0.793. The molecule has 1 heterocycles. The third kappa shape index (κ3) is 4.96. The maximum absolute atomic E-state index is 11.9. The van der Waals surface area contributed by atoms with Crippen molar-refractivity contribution < 1.29 is 13.2 Å². The number of nitrogen functional groups attached to an aromatic ring is 1. The number of anilines is 2. The SMILES string of the molecule is Cc1cncc(NS(=O)(=O)CCOc2cccc(N)c2)c1. The number of ether oxygens (including phenoxy) is 1. The zero-order valence-corrected chi connectivity index (χ0v) is 12.4. The van der Waals surface area contributed by atoms with Crippen LogP contribution in [-0.2, 0) is 10.0 Å². The van der Waals surface area contributed by atoms with Crippen LogP contribution in [0, 0.1) is 6.92 Å². The number of aromatic nitrogens is 1. The van der Waals surface area contributed by atoms with E-state index in [4.69, 9.17) is 10.5 Å². The lowest BCUT2D eigenvalue weighted by Gasteiger charge is -2.09. The molecule has 6 nitrogen and oxygen atoms in total. The maximum atomic E-state index is 11.9. The number of nitrogens with zero attached hydrogens (tertiary/aromatic N) is 1. The number of hydrogen-bond donors (Lipinski definition) is 2. The van der Waals surface area contributed by atoms with Gasteiger partial charge in [-0.25, -0.2) is 8.42 Å². The Labute approximate surface area is 124 Å². The third-order valence-electron chi connectivity index (χ3n) is 2.63. The van der Waals surface area contributed by atoms with Crippen LogP contribution >= 0.6 is 0 Å². The lowest BCUT2D eigenvalue weighted by molar-refractivity contribution is 0.341. The summed E-state index contributed by atoms with van der Waals surface area (Å²) < 4.78 is 31.7. The Balaban J connectivity index is 1.90. The summed E-state index contributed by atoms with van der Waals surface area (Å²) in [6.45, 7) is 1.88. The molecular formula is C14H17N3O3S. The fourth-order valence-electron chi connectivity index (χ4n) is 1.71. The number of rotatable bonds is 6. The van der Waals surface area contributed by atoms with Gasteiger partial charge in [0.15, 0.2) is 0 Å². The van der Waals surface area contributed by atoms with Crippen molar-refractivity contribution >= 4 is 21.4 Å². The minimum Gasteiger partial charge on any atom is -0.492 e. The van der Waals surface area contributed by atoms with E-state index in [1.807, 2.05) is 6.92 Å². The minimum atomic E-state index is -3.48. The second kappa shape index (κ2) is 6.45. The first kappa shape index (κ1) is 15.1. The van der Waals surface area contributed by atoms with E-state index in [1.54, 1.807) is 36.5 Å². The van der Waals surface area contributed by atoms with Gasteiger partial charge < -0.3 is 10.5 Å². The monoisotopic (exact) mass is 307 g/mol. The van der Waals surface area contributed by atoms with Gasteiger partial charge in [-0.1, -0.05) is 6.07 Å². The van der Waals surface area contributed by atoms with Gasteiger partial charge in [-0.05, 0) is 30.7 Å². The molecule has 0 aliphatic rings. The summed E-state index contributed by atoms with van der Waals surface area (Å²) in [6, 6.07) is 8.56. The van der Waals surface area contributed by atoms with E-state index in [1.165, 1.54) is 6.20 Å². The Kier molecular flexibility index (Phi) is 4.64. The molecule has 112 valence electrons. The molecule has 0 bridgehead atoms. The Morgan fingerprint density at radius 2 is 2.10 bits per heavy atom. The van der Waals surface area contributed by atoms with Crippen molar-refractivity contribution in [2.75, 3.05) is 22.8 Å². The van der Waals surface area contributed by atoms with Crippen molar-refractivity contribution in [2.24, 2.45) is 0 Å². The second-order valence-corrected chi connectivity index (χ2v) is 6.43. The summed E-state index contributed by atoms with van der Waals surface area (Å²) in [7, 11) is -3.48. The van der Waals surface area contributed by atoms with E-state index < -0.39 is 10.0 Å². The highest BCUT2D eigenvalue weighted by Gasteiger charge is 2.11. The smallest absolute Gasteiger partial charge is 0.236 e. The van der Waals surface area contributed by atoms with Gasteiger partial charge in [0.05, 0.1) is 11.9 Å². The largest absolute Gasteiger partial charge is 0.492 e. The molecule has 3 N–H and O–H groups in total. The van der Waals surface area contributed by atoms with Gasteiger partial charge >= 0.3 is 0 Å². The number of benzene rings is 1. The van der Waals surface area contributed by atoms with Crippen LogP contribution < -0.4 is 15.2 Å². The van der Waals surface area contributed by atoms with E-state index in [0.29, 0.717) is 17.1 Å². The number of hydrogen-bond acceptors (Lipinski definition) is 5. The molecule has 2 aromatic rings. The summed E-state index contributed by atoms with van der Waals surface area (Å²) in [5.74, 6) is 0.387. The van der Waals surface area contributed by atoms with Crippen LogP contribution in [0.25, 0.3) is 0 Å². The van der Waals surface area contributed by atoms with Crippen molar-refractivity contribution in [3.05, 3.63) is 48.3 Å². The average molecular weight is 307 g/mol. The molecule has 0 unspecified atom stereocenters. The van der Waals surface area contributed by atoms with E-state index in [0.717, 1.165) is 5.56 Å². The van der Waals surface area contributed by atoms with Crippen molar-refractivity contribution in [1.82, 2.24) is 4.98 Å². The first-order valence-electron chi connectivity index (χ1n) is 6.35. The topological polar surface area (TPSA) is 94.3 Å². The number of nitrogens with one attached hydrogen (secondary N) is 1. The van der Waals surface area contributed by atoms with Crippen molar-refractivity contribution in [2.45, 2.75) is 6.92 Å². The molecule has 0 aliphatic carbocycles. The molecule has 7 heteroatoms. The number of pyridine rings is 1. The molecule has 2 rings (SSSR count). The molecule has 0 fully saturated rings. The van der Waals surface area contributed by atoms with Gasteiger partial charge in [0.1, 0.15) is 18.1 Å². The number of sulfonamides is 1.